The number of benzene rings is 2. The first-order valence-corrected chi connectivity index (χ1v) is 10.9. The molecular weight excluding hydrogens is 392 g/mol. The minimum absolute atomic E-state index is 0.323. The summed E-state index contributed by atoms with van der Waals surface area (Å²) in [5, 5.41) is 2.80. The molecule has 146 valence electrons. The fourth-order valence-electron chi connectivity index (χ4n) is 2.65. The molecule has 0 saturated heterocycles. The van der Waals surface area contributed by atoms with Crippen molar-refractivity contribution < 1.29 is 14.3 Å². The van der Waals surface area contributed by atoms with E-state index in [1.165, 1.54) is 0 Å². The van der Waals surface area contributed by atoms with Crippen molar-refractivity contribution in [3.05, 3.63) is 64.7 Å². The van der Waals surface area contributed by atoms with Crippen LogP contribution in [0.2, 0.25) is 0 Å². The Hall–Kier alpha value is -2.25. The van der Waals surface area contributed by atoms with E-state index in [0.29, 0.717) is 11.3 Å². The molecule has 0 atom stereocenters. The second-order valence-electron chi connectivity index (χ2n) is 6.38. The van der Waals surface area contributed by atoms with E-state index < -0.39 is 5.97 Å². The highest BCUT2D eigenvalue weighted by atomic mass is 32.2. The van der Waals surface area contributed by atoms with Crippen molar-refractivity contribution in [1.29, 1.82) is 0 Å². The number of aliphatic imine (C=N–C) groups is 1. The molecule has 3 rings (SSSR count). The Kier molecular flexibility index (Phi) is 7.17. The van der Waals surface area contributed by atoms with Crippen LogP contribution < -0.4 is 5.32 Å². The number of hydrogen-bond donors (Lipinski definition) is 1. The number of nitrogens with zero attached hydrogens (tertiary/aromatic N) is 1. The van der Waals surface area contributed by atoms with E-state index in [-0.39, 0.29) is 12.5 Å². The highest BCUT2D eigenvalue weighted by Gasteiger charge is 2.16. The highest BCUT2D eigenvalue weighted by Crippen LogP contribution is 2.26. The van der Waals surface area contributed by atoms with Crippen LogP contribution in [0.3, 0.4) is 0 Å². The monoisotopic (exact) mass is 414 g/mol. The second-order valence-corrected chi connectivity index (χ2v) is 8.69. The minimum Gasteiger partial charge on any atom is -0.452 e. The van der Waals surface area contributed by atoms with Crippen LogP contribution in [0.4, 0.5) is 5.69 Å². The predicted octanol–water partition coefficient (Wildman–Crippen LogP) is 4.43. The molecule has 0 bridgehead atoms. The van der Waals surface area contributed by atoms with Gasteiger partial charge in [0.25, 0.3) is 5.91 Å². The molecule has 5 nitrogen and oxygen atoms in total. The molecule has 1 N–H and O–H groups in total. The van der Waals surface area contributed by atoms with Gasteiger partial charge in [-0.1, -0.05) is 53.9 Å². The molecule has 0 radical (unpaired) electrons. The van der Waals surface area contributed by atoms with Crippen LogP contribution in [0.15, 0.2) is 47.5 Å². The average Bonchev–Trinajstić information content (AvgIpc) is 3.21. The Morgan fingerprint density at radius 3 is 2.82 bits per heavy atom. The Bertz CT molecular complexity index is 912. The lowest BCUT2D eigenvalue weighted by molar-refractivity contribution is -0.119. The summed E-state index contributed by atoms with van der Waals surface area (Å²) in [7, 11) is 0. The maximum atomic E-state index is 12.5. The molecule has 0 spiro atoms. The zero-order valence-electron chi connectivity index (χ0n) is 15.9. The number of esters is 1. The van der Waals surface area contributed by atoms with Gasteiger partial charge in [-0.3, -0.25) is 9.79 Å². The van der Waals surface area contributed by atoms with Crippen molar-refractivity contribution in [3.63, 3.8) is 0 Å². The predicted molar refractivity (Wildman–Crippen MR) is 117 cm³/mol. The molecule has 2 aromatic carbocycles. The lowest BCUT2D eigenvalue weighted by Gasteiger charge is -2.11. The van der Waals surface area contributed by atoms with Crippen molar-refractivity contribution >= 4 is 45.5 Å². The van der Waals surface area contributed by atoms with Crippen LogP contribution in [-0.4, -0.2) is 35.2 Å². The highest BCUT2D eigenvalue weighted by molar-refractivity contribution is 8.38. The number of carbonyl (C=O) groups excluding carboxylic acids is 2. The van der Waals surface area contributed by atoms with Gasteiger partial charge in [0.1, 0.15) is 4.38 Å². The number of carbonyl (C=O) groups is 2. The molecule has 2 aromatic rings. The number of aryl methyl sites for hydroxylation is 2. The van der Waals surface area contributed by atoms with E-state index >= 15 is 0 Å². The van der Waals surface area contributed by atoms with E-state index in [0.717, 1.165) is 39.1 Å². The molecule has 7 heteroatoms. The van der Waals surface area contributed by atoms with Crippen molar-refractivity contribution in [1.82, 2.24) is 0 Å². The van der Waals surface area contributed by atoms with Crippen LogP contribution in [0.25, 0.3) is 0 Å². The fourth-order valence-corrected chi connectivity index (χ4v) is 4.67. The lowest BCUT2D eigenvalue weighted by Crippen LogP contribution is -2.21. The summed E-state index contributed by atoms with van der Waals surface area (Å²) in [6.07, 6.45) is 0. The minimum atomic E-state index is -0.492. The Balaban J connectivity index is 1.57. The molecule has 0 aliphatic carbocycles. The molecule has 0 fully saturated rings. The van der Waals surface area contributed by atoms with E-state index in [4.69, 9.17) is 4.74 Å². The summed E-state index contributed by atoms with van der Waals surface area (Å²) in [6, 6.07) is 13.1. The maximum Gasteiger partial charge on any atom is 0.338 e. The van der Waals surface area contributed by atoms with Crippen LogP contribution in [-0.2, 0) is 15.3 Å². The van der Waals surface area contributed by atoms with E-state index in [2.05, 4.69) is 10.3 Å². The first-order valence-electron chi connectivity index (χ1n) is 8.95. The number of ether oxygens (including phenoxy) is 1. The molecule has 28 heavy (non-hydrogen) atoms. The molecule has 0 aromatic heterocycles. The first kappa shape index (κ1) is 20.5. The van der Waals surface area contributed by atoms with Gasteiger partial charge in [0.15, 0.2) is 6.61 Å². The first-order chi connectivity index (χ1) is 13.5. The molecule has 1 aliphatic rings. The van der Waals surface area contributed by atoms with Crippen molar-refractivity contribution in [3.8, 4) is 0 Å². The average molecular weight is 415 g/mol. The molecule has 0 unspecified atom stereocenters. The van der Waals surface area contributed by atoms with E-state index in [9.17, 15) is 9.59 Å². The topological polar surface area (TPSA) is 67.8 Å². The summed E-state index contributed by atoms with van der Waals surface area (Å²) < 4.78 is 6.30. The van der Waals surface area contributed by atoms with Crippen molar-refractivity contribution in [2.24, 2.45) is 4.99 Å². The van der Waals surface area contributed by atoms with Crippen LogP contribution in [0.1, 0.15) is 27.0 Å². The molecule has 1 aliphatic heterocycles. The number of amides is 1. The number of hydrogen-bond acceptors (Lipinski definition) is 6. The van der Waals surface area contributed by atoms with Crippen LogP contribution >= 0.6 is 23.5 Å². The van der Waals surface area contributed by atoms with Gasteiger partial charge in [0.2, 0.25) is 0 Å². The third-order valence-electron chi connectivity index (χ3n) is 4.15. The molecular formula is C21H22N2O3S2. The van der Waals surface area contributed by atoms with Gasteiger partial charge in [-0.15, -0.1) is 0 Å². The van der Waals surface area contributed by atoms with Gasteiger partial charge >= 0.3 is 5.97 Å². The molecule has 0 saturated carbocycles. The SMILES string of the molecule is Cc1ccc(C)c(NC(=O)COC(=O)c2ccccc2CSC2=NCCS2)c1. The van der Waals surface area contributed by atoms with Gasteiger partial charge in [-0.05, 0) is 42.7 Å². The van der Waals surface area contributed by atoms with Gasteiger partial charge in [-0.2, -0.15) is 0 Å². The van der Waals surface area contributed by atoms with Gasteiger partial charge < -0.3 is 10.1 Å². The zero-order chi connectivity index (χ0) is 19.9. The van der Waals surface area contributed by atoms with Crippen LogP contribution in [0.5, 0.6) is 0 Å². The molecule has 1 amide bonds. The normalized spacial score (nSPS) is 13.1. The Morgan fingerprint density at radius 2 is 2.04 bits per heavy atom. The third-order valence-corrected chi connectivity index (χ3v) is 6.45. The van der Waals surface area contributed by atoms with E-state index in [1.54, 1.807) is 35.7 Å². The van der Waals surface area contributed by atoms with Gasteiger partial charge in [-0.25, -0.2) is 4.79 Å². The molecule has 1 heterocycles. The fraction of sp³-hybridized carbons (Fsp3) is 0.286. The largest absolute Gasteiger partial charge is 0.452 e. The van der Waals surface area contributed by atoms with Crippen molar-refractivity contribution in [2.45, 2.75) is 19.6 Å². The number of anilines is 1. The van der Waals surface area contributed by atoms with Crippen molar-refractivity contribution in [2.75, 3.05) is 24.2 Å². The Labute approximate surface area is 173 Å². The van der Waals surface area contributed by atoms with Crippen LogP contribution in [0, 0.1) is 13.8 Å². The third kappa shape index (κ3) is 5.62. The number of rotatable bonds is 6. The summed E-state index contributed by atoms with van der Waals surface area (Å²) in [5.41, 5.74) is 4.10. The lowest BCUT2D eigenvalue weighted by atomic mass is 10.1. The van der Waals surface area contributed by atoms with Gasteiger partial charge in [0.05, 0.1) is 12.1 Å². The zero-order valence-corrected chi connectivity index (χ0v) is 17.5. The smallest absolute Gasteiger partial charge is 0.338 e. The summed E-state index contributed by atoms with van der Waals surface area (Å²) >= 11 is 3.36. The standard InChI is InChI=1S/C21H22N2O3S2/c1-14-7-8-15(2)18(11-14)23-19(24)12-26-20(25)17-6-4-3-5-16(17)13-28-21-22-9-10-27-21/h3-8,11H,9-10,12-13H2,1-2H3,(H,23,24). The summed E-state index contributed by atoms with van der Waals surface area (Å²) in [6.45, 7) is 4.41. The van der Waals surface area contributed by atoms with Gasteiger partial charge in [0, 0.05) is 17.2 Å². The number of nitrogens with one attached hydrogen (secondary N) is 1. The second kappa shape index (κ2) is 9.80. The summed E-state index contributed by atoms with van der Waals surface area (Å²) in [4.78, 5) is 29.1. The quantitative estimate of drug-likeness (QED) is 0.708. The van der Waals surface area contributed by atoms with E-state index in [1.807, 2.05) is 44.2 Å². The maximum absolute atomic E-state index is 12.5. The number of thioether (sulfide) groups is 2. The summed E-state index contributed by atoms with van der Waals surface area (Å²) in [5.74, 6) is 0.812. The Morgan fingerprint density at radius 1 is 1.21 bits per heavy atom.